The van der Waals surface area contributed by atoms with Crippen LogP contribution in [0.1, 0.15) is 48.8 Å². The maximum absolute atomic E-state index is 13.3. The number of amides is 2. The van der Waals surface area contributed by atoms with Crippen LogP contribution in [-0.4, -0.2) is 60.1 Å². The molecule has 1 aliphatic carbocycles. The number of nitrogens with one attached hydrogen (secondary N) is 2. The van der Waals surface area contributed by atoms with Gasteiger partial charge in [0.2, 0.25) is 0 Å². The summed E-state index contributed by atoms with van der Waals surface area (Å²) in [6, 6.07) is 22.3. The van der Waals surface area contributed by atoms with E-state index in [1.165, 1.54) is 18.4 Å². The van der Waals surface area contributed by atoms with E-state index >= 15 is 0 Å². The summed E-state index contributed by atoms with van der Waals surface area (Å²) in [6.45, 7) is 3.22. The molecule has 2 amide bonds. The van der Waals surface area contributed by atoms with Crippen LogP contribution in [0.15, 0.2) is 66.7 Å². The SMILES string of the molecule is COCCN1CC(c2ccccc2)[C@H](NC(=O)Nc2cc(C3CCCC3)nn2-c2ccccc2)C1. The van der Waals surface area contributed by atoms with E-state index in [0.29, 0.717) is 18.3 Å². The highest BCUT2D eigenvalue weighted by atomic mass is 16.5. The van der Waals surface area contributed by atoms with Crippen LogP contribution in [0.4, 0.5) is 10.6 Å². The van der Waals surface area contributed by atoms with Gasteiger partial charge in [0.1, 0.15) is 5.82 Å². The van der Waals surface area contributed by atoms with Crippen LogP contribution in [0.5, 0.6) is 0 Å². The van der Waals surface area contributed by atoms with Gasteiger partial charge in [-0.15, -0.1) is 0 Å². The maximum atomic E-state index is 13.3. The maximum Gasteiger partial charge on any atom is 0.320 e. The molecule has 0 spiro atoms. The molecule has 1 saturated carbocycles. The number of likely N-dealkylation sites (tertiary alicyclic amines) is 1. The molecule has 2 aromatic carbocycles. The Morgan fingerprint density at radius 2 is 1.74 bits per heavy atom. The Morgan fingerprint density at radius 3 is 2.46 bits per heavy atom. The largest absolute Gasteiger partial charge is 0.383 e. The Bertz CT molecular complexity index is 1100. The number of aromatic nitrogens is 2. The normalized spacial score (nSPS) is 20.8. The first-order chi connectivity index (χ1) is 17.2. The van der Waals surface area contributed by atoms with Gasteiger partial charge in [0.05, 0.1) is 24.0 Å². The highest BCUT2D eigenvalue weighted by molar-refractivity contribution is 5.89. The molecule has 184 valence electrons. The fourth-order valence-electron chi connectivity index (χ4n) is 5.47. The molecule has 1 saturated heterocycles. The molecule has 7 heteroatoms. The van der Waals surface area contributed by atoms with Crippen molar-refractivity contribution in [2.24, 2.45) is 0 Å². The van der Waals surface area contributed by atoms with Gasteiger partial charge in [0.15, 0.2) is 0 Å². The molecule has 3 aromatic rings. The van der Waals surface area contributed by atoms with E-state index < -0.39 is 0 Å². The van der Waals surface area contributed by atoms with Crippen LogP contribution in [-0.2, 0) is 4.74 Å². The van der Waals surface area contributed by atoms with Gasteiger partial charge < -0.3 is 10.1 Å². The minimum Gasteiger partial charge on any atom is -0.383 e. The van der Waals surface area contributed by atoms with Crippen LogP contribution < -0.4 is 10.6 Å². The summed E-state index contributed by atoms with van der Waals surface area (Å²) in [4.78, 5) is 15.6. The summed E-state index contributed by atoms with van der Waals surface area (Å²) in [7, 11) is 1.73. The number of methoxy groups -OCH3 is 1. The molecule has 2 aliphatic rings. The number of urea groups is 1. The van der Waals surface area contributed by atoms with E-state index in [0.717, 1.165) is 43.9 Å². The second-order valence-corrected chi connectivity index (χ2v) is 9.66. The van der Waals surface area contributed by atoms with E-state index in [1.54, 1.807) is 7.11 Å². The number of ether oxygens (including phenoxy) is 1. The van der Waals surface area contributed by atoms with Crippen LogP contribution >= 0.6 is 0 Å². The van der Waals surface area contributed by atoms with Crippen molar-refractivity contribution in [1.82, 2.24) is 20.0 Å². The Kier molecular flexibility index (Phi) is 7.45. The smallest absolute Gasteiger partial charge is 0.320 e. The first-order valence-electron chi connectivity index (χ1n) is 12.7. The zero-order valence-corrected chi connectivity index (χ0v) is 20.4. The summed E-state index contributed by atoms with van der Waals surface area (Å²) in [6.07, 6.45) is 4.81. The zero-order chi connectivity index (χ0) is 24.0. The van der Waals surface area contributed by atoms with Crippen molar-refractivity contribution < 1.29 is 9.53 Å². The van der Waals surface area contributed by atoms with Crippen LogP contribution in [0.25, 0.3) is 5.69 Å². The Labute approximate surface area is 207 Å². The highest BCUT2D eigenvalue weighted by Gasteiger charge is 2.34. The van der Waals surface area contributed by atoms with Crippen molar-refractivity contribution in [2.45, 2.75) is 43.6 Å². The lowest BCUT2D eigenvalue weighted by molar-refractivity contribution is 0.159. The third-order valence-corrected chi connectivity index (χ3v) is 7.30. The van der Waals surface area contributed by atoms with Crippen molar-refractivity contribution in [3.8, 4) is 5.69 Å². The van der Waals surface area contributed by atoms with Crippen molar-refractivity contribution in [2.75, 3.05) is 38.7 Å². The third-order valence-electron chi connectivity index (χ3n) is 7.30. The number of anilines is 1. The van der Waals surface area contributed by atoms with E-state index in [2.05, 4.69) is 45.9 Å². The molecule has 2 N–H and O–H groups in total. The standard InChI is InChI=1S/C28H35N5O2/c1-35-17-16-32-19-24(21-10-4-2-5-11-21)26(20-32)29-28(34)30-27-18-25(22-12-8-9-13-22)31-33(27)23-14-6-3-7-15-23/h2-7,10-11,14-15,18,22,24,26H,8-9,12-13,16-17,19-20H2,1H3,(H2,29,30,34)/t24?,26-/m1/s1. The average molecular weight is 474 g/mol. The molecule has 0 bridgehead atoms. The number of hydrogen-bond acceptors (Lipinski definition) is 4. The van der Waals surface area contributed by atoms with E-state index in [9.17, 15) is 4.79 Å². The molecular weight excluding hydrogens is 438 g/mol. The van der Waals surface area contributed by atoms with Gasteiger partial charge in [-0.25, -0.2) is 9.48 Å². The summed E-state index contributed by atoms with van der Waals surface area (Å²) in [5, 5.41) is 11.3. The first-order valence-corrected chi connectivity index (χ1v) is 12.7. The van der Waals surface area contributed by atoms with Crippen molar-refractivity contribution in [3.63, 3.8) is 0 Å². The molecule has 2 fully saturated rings. The van der Waals surface area contributed by atoms with Gasteiger partial charge in [-0.2, -0.15) is 5.10 Å². The Balaban J connectivity index is 1.34. The predicted octanol–water partition coefficient (Wildman–Crippen LogP) is 4.77. The summed E-state index contributed by atoms with van der Waals surface area (Å²) in [5.41, 5.74) is 3.26. The van der Waals surface area contributed by atoms with Crippen molar-refractivity contribution in [1.29, 1.82) is 0 Å². The van der Waals surface area contributed by atoms with Gasteiger partial charge in [0, 0.05) is 44.6 Å². The third kappa shape index (κ3) is 5.57. The fourth-order valence-corrected chi connectivity index (χ4v) is 5.47. The average Bonchev–Trinajstić information content (AvgIpc) is 3.64. The Hall–Kier alpha value is -3.16. The number of hydrogen-bond donors (Lipinski definition) is 2. The lowest BCUT2D eigenvalue weighted by Crippen LogP contribution is -2.42. The predicted molar refractivity (Wildman–Crippen MR) is 138 cm³/mol. The van der Waals surface area contributed by atoms with Gasteiger partial charge in [-0.05, 0) is 30.5 Å². The number of carbonyl (C=O) groups is 1. The van der Waals surface area contributed by atoms with Gasteiger partial charge in [-0.1, -0.05) is 61.4 Å². The molecule has 2 heterocycles. The van der Waals surface area contributed by atoms with Crippen molar-refractivity contribution >= 4 is 11.8 Å². The second-order valence-electron chi connectivity index (χ2n) is 9.66. The second kappa shape index (κ2) is 11.1. The monoisotopic (exact) mass is 473 g/mol. The van der Waals surface area contributed by atoms with Gasteiger partial charge >= 0.3 is 6.03 Å². The quantitative estimate of drug-likeness (QED) is 0.495. The van der Waals surface area contributed by atoms with Gasteiger partial charge in [-0.3, -0.25) is 10.2 Å². The van der Waals surface area contributed by atoms with E-state index in [1.807, 2.05) is 41.1 Å². The summed E-state index contributed by atoms with van der Waals surface area (Å²) >= 11 is 0. The number of para-hydroxylation sites is 1. The van der Waals surface area contributed by atoms with Crippen LogP contribution in [0, 0.1) is 0 Å². The topological polar surface area (TPSA) is 71.4 Å². The summed E-state index contributed by atoms with van der Waals surface area (Å²) in [5.74, 6) is 1.41. The lowest BCUT2D eigenvalue weighted by Gasteiger charge is -2.20. The van der Waals surface area contributed by atoms with Crippen LogP contribution in [0.2, 0.25) is 0 Å². The number of rotatable bonds is 8. The zero-order valence-electron chi connectivity index (χ0n) is 20.4. The summed E-state index contributed by atoms with van der Waals surface area (Å²) < 4.78 is 7.15. The lowest BCUT2D eigenvalue weighted by atomic mass is 9.94. The van der Waals surface area contributed by atoms with Crippen molar-refractivity contribution in [3.05, 3.63) is 78.0 Å². The first kappa shape index (κ1) is 23.6. The Morgan fingerprint density at radius 1 is 1.03 bits per heavy atom. The minimum atomic E-state index is -0.195. The molecule has 0 radical (unpaired) electrons. The minimum absolute atomic E-state index is 0.0108. The molecule has 2 atom stereocenters. The van der Waals surface area contributed by atoms with Gasteiger partial charge in [0.25, 0.3) is 0 Å². The molecule has 7 nitrogen and oxygen atoms in total. The molecule has 1 aliphatic heterocycles. The molecule has 1 unspecified atom stereocenters. The molecule has 1 aromatic heterocycles. The molecule has 5 rings (SSSR count). The van der Waals surface area contributed by atoms with E-state index in [4.69, 9.17) is 9.84 Å². The fraction of sp³-hybridized carbons (Fsp3) is 0.429. The highest BCUT2D eigenvalue weighted by Crippen LogP contribution is 2.35. The molecular formula is C28H35N5O2. The number of carbonyl (C=O) groups excluding carboxylic acids is 1. The van der Waals surface area contributed by atoms with E-state index in [-0.39, 0.29) is 18.0 Å². The van der Waals surface area contributed by atoms with Crippen LogP contribution in [0.3, 0.4) is 0 Å². The number of nitrogens with zero attached hydrogens (tertiary/aromatic N) is 3. The number of benzene rings is 2. The molecule has 35 heavy (non-hydrogen) atoms.